The Morgan fingerprint density at radius 3 is 3.19 bits per heavy atom. The SMILES string of the molecule is CC#CCOc1ccc2c(c1)C(O)CCC2. The van der Waals surface area contributed by atoms with Crippen LogP contribution in [0.25, 0.3) is 0 Å². The van der Waals surface area contributed by atoms with E-state index >= 15 is 0 Å². The van der Waals surface area contributed by atoms with Gasteiger partial charge in [-0.3, -0.25) is 0 Å². The summed E-state index contributed by atoms with van der Waals surface area (Å²) in [5.74, 6) is 6.43. The molecule has 0 saturated carbocycles. The van der Waals surface area contributed by atoms with Gasteiger partial charge in [-0.25, -0.2) is 0 Å². The summed E-state index contributed by atoms with van der Waals surface area (Å²) >= 11 is 0. The lowest BCUT2D eigenvalue weighted by Crippen LogP contribution is -2.09. The van der Waals surface area contributed by atoms with Crippen molar-refractivity contribution >= 4 is 0 Å². The second kappa shape index (κ2) is 5.05. The number of benzene rings is 1. The molecule has 0 saturated heterocycles. The van der Waals surface area contributed by atoms with Crippen molar-refractivity contribution in [3.05, 3.63) is 29.3 Å². The summed E-state index contributed by atoms with van der Waals surface area (Å²) < 4.78 is 5.48. The summed E-state index contributed by atoms with van der Waals surface area (Å²) in [7, 11) is 0. The van der Waals surface area contributed by atoms with E-state index in [1.165, 1.54) is 5.56 Å². The number of rotatable bonds is 2. The van der Waals surface area contributed by atoms with E-state index in [0.29, 0.717) is 6.61 Å². The third-order valence-electron chi connectivity index (χ3n) is 2.89. The molecule has 0 heterocycles. The summed E-state index contributed by atoms with van der Waals surface area (Å²) in [6.45, 7) is 2.20. The van der Waals surface area contributed by atoms with Gasteiger partial charge in [0.2, 0.25) is 0 Å². The smallest absolute Gasteiger partial charge is 0.149 e. The van der Waals surface area contributed by atoms with Crippen LogP contribution in [-0.4, -0.2) is 11.7 Å². The van der Waals surface area contributed by atoms with Gasteiger partial charge in [0, 0.05) is 0 Å². The zero-order valence-electron chi connectivity index (χ0n) is 9.49. The fourth-order valence-corrected chi connectivity index (χ4v) is 2.03. The van der Waals surface area contributed by atoms with E-state index in [1.54, 1.807) is 6.92 Å². The van der Waals surface area contributed by atoms with Crippen molar-refractivity contribution in [2.45, 2.75) is 32.3 Å². The Morgan fingerprint density at radius 2 is 2.38 bits per heavy atom. The highest BCUT2D eigenvalue weighted by molar-refractivity contribution is 5.38. The zero-order chi connectivity index (χ0) is 11.4. The molecule has 0 spiro atoms. The fourth-order valence-electron chi connectivity index (χ4n) is 2.03. The van der Waals surface area contributed by atoms with Crippen LogP contribution < -0.4 is 4.74 Å². The van der Waals surface area contributed by atoms with Crippen LogP contribution in [0.15, 0.2) is 18.2 Å². The molecule has 2 heteroatoms. The number of hydrogen-bond donors (Lipinski definition) is 1. The first-order chi connectivity index (χ1) is 7.81. The van der Waals surface area contributed by atoms with E-state index in [1.807, 2.05) is 18.2 Å². The van der Waals surface area contributed by atoms with E-state index < -0.39 is 0 Å². The summed E-state index contributed by atoms with van der Waals surface area (Å²) in [5, 5.41) is 9.87. The van der Waals surface area contributed by atoms with E-state index in [-0.39, 0.29) is 6.10 Å². The van der Waals surface area contributed by atoms with Crippen LogP contribution in [0.1, 0.15) is 37.0 Å². The molecule has 2 nitrogen and oxygen atoms in total. The molecule has 84 valence electrons. The van der Waals surface area contributed by atoms with E-state index in [4.69, 9.17) is 4.74 Å². The highest BCUT2D eigenvalue weighted by Crippen LogP contribution is 2.32. The van der Waals surface area contributed by atoms with Gasteiger partial charge in [0.25, 0.3) is 0 Å². The van der Waals surface area contributed by atoms with Crippen LogP contribution in [0.3, 0.4) is 0 Å². The Hall–Kier alpha value is -1.46. The van der Waals surface area contributed by atoms with Crippen molar-refractivity contribution in [1.29, 1.82) is 0 Å². The number of hydrogen-bond acceptors (Lipinski definition) is 2. The third-order valence-corrected chi connectivity index (χ3v) is 2.89. The Bertz CT molecular complexity index is 426. The maximum Gasteiger partial charge on any atom is 0.149 e. The molecule has 0 bridgehead atoms. The molecule has 1 aromatic rings. The molecule has 0 fully saturated rings. The molecule has 1 aliphatic rings. The maximum atomic E-state index is 9.87. The number of aryl methyl sites for hydroxylation is 1. The van der Waals surface area contributed by atoms with Crippen LogP contribution in [-0.2, 0) is 6.42 Å². The minimum absolute atomic E-state index is 0.329. The lowest BCUT2D eigenvalue weighted by Gasteiger charge is -2.21. The predicted molar refractivity (Wildman–Crippen MR) is 63.3 cm³/mol. The molecular weight excluding hydrogens is 200 g/mol. The van der Waals surface area contributed by atoms with E-state index in [0.717, 1.165) is 30.6 Å². The number of aliphatic hydroxyl groups excluding tert-OH is 1. The minimum atomic E-state index is -0.329. The van der Waals surface area contributed by atoms with Crippen LogP contribution in [0.4, 0.5) is 0 Å². The lowest BCUT2D eigenvalue weighted by molar-refractivity contribution is 0.156. The first-order valence-electron chi connectivity index (χ1n) is 5.64. The fraction of sp³-hybridized carbons (Fsp3) is 0.429. The molecule has 0 aromatic heterocycles. The highest BCUT2D eigenvalue weighted by atomic mass is 16.5. The van der Waals surface area contributed by atoms with Gasteiger partial charge in [0.05, 0.1) is 6.10 Å². The van der Waals surface area contributed by atoms with Crippen LogP contribution >= 0.6 is 0 Å². The van der Waals surface area contributed by atoms with Crippen molar-refractivity contribution in [3.63, 3.8) is 0 Å². The summed E-state index contributed by atoms with van der Waals surface area (Å²) in [5.41, 5.74) is 2.26. The molecule has 0 amide bonds. The molecule has 1 unspecified atom stereocenters. The second-order valence-corrected chi connectivity index (χ2v) is 3.98. The Balaban J connectivity index is 2.16. The van der Waals surface area contributed by atoms with Crippen molar-refractivity contribution < 1.29 is 9.84 Å². The molecule has 0 aliphatic heterocycles. The molecule has 1 N–H and O–H groups in total. The summed E-state index contributed by atoms with van der Waals surface area (Å²) in [6, 6.07) is 5.94. The second-order valence-electron chi connectivity index (χ2n) is 3.98. The topological polar surface area (TPSA) is 29.5 Å². The lowest BCUT2D eigenvalue weighted by atomic mass is 9.89. The van der Waals surface area contributed by atoms with Gasteiger partial charge in [0.1, 0.15) is 12.4 Å². The molecule has 16 heavy (non-hydrogen) atoms. The Kier molecular flexibility index (Phi) is 3.48. The van der Waals surface area contributed by atoms with Gasteiger partial charge in [-0.05, 0) is 49.4 Å². The summed E-state index contributed by atoms with van der Waals surface area (Å²) in [4.78, 5) is 0. The van der Waals surface area contributed by atoms with Crippen molar-refractivity contribution in [1.82, 2.24) is 0 Å². The molecule has 1 aliphatic carbocycles. The van der Waals surface area contributed by atoms with Gasteiger partial charge in [0.15, 0.2) is 0 Å². The third kappa shape index (κ3) is 2.37. The predicted octanol–water partition coefficient (Wildman–Crippen LogP) is 2.46. The average molecular weight is 216 g/mol. The van der Waals surface area contributed by atoms with Crippen molar-refractivity contribution in [2.24, 2.45) is 0 Å². The quantitative estimate of drug-likeness (QED) is 0.769. The van der Waals surface area contributed by atoms with Gasteiger partial charge < -0.3 is 9.84 Å². The maximum absolute atomic E-state index is 9.87. The average Bonchev–Trinajstić information content (AvgIpc) is 2.30. The minimum Gasteiger partial charge on any atom is -0.481 e. The van der Waals surface area contributed by atoms with Crippen molar-refractivity contribution in [2.75, 3.05) is 6.61 Å². The van der Waals surface area contributed by atoms with E-state index in [2.05, 4.69) is 11.8 Å². The van der Waals surface area contributed by atoms with Gasteiger partial charge in [-0.1, -0.05) is 12.0 Å². The van der Waals surface area contributed by atoms with Crippen molar-refractivity contribution in [3.8, 4) is 17.6 Å². The van der Waals surface area contributed by atoms with Crippen LogP contribution in [0, 0.1) is 11.8 Å². The van der Waals surface area contributed by atoms with E-state index in [9.17, 15) is 5.11 Å². The summed E-state index contributed by atoms with van der Waals surface area (Å²) in [6.07, 6.45) is 2.65. The number of ether oxygens (including phenoxy) is 1. The zero-order valence-corrected chi connectivity index (χ0v) is 9.49. The number of aliphatic hydroxyl groups is 1. The highest BCUT2D eigenvalue weighted by Gasteiger charge is 2.18. The molecule has 2 rings (SSSR count). The van der Waals surface area contributed by atoms with Crippen LogP contribution in [0.2, 0.25) is 0 Å². The Labute approximate surface area is 96.3 Å². The number of fused-ring (bicyclic) bond motifs is 1. The first-order valence-corrected chi connectivity index (χ1v) is 5.64. The largest absolute Gasteiger partial charge is 0.481 e. The molecule has 1 atom stereocenters. The molecular formula is C14H16O2. The van der Waals surface area contributed by atoms with Crippen LogP contribution in [0.5, 0.6) is 5.75 Å². The van der Waals surface area contributed by atoms with Gasteiger partial charge in [-0.15, -0.1) is 5.92 Å². The molecule has 0 radical (unpaired) electrons. The first kappa shape index (κ1) is 11.0. The normalized spacial score (nSPS) is 18.2. The monoisotopic (exact) mass is 216 g/mol. The standard InChI is InChI=1S/C14H16O2/c1-2-3-9-16-12-8-7-11-5-4-6-14(15)13(11)10-12/h7-8,10,14-15H,4-6,9H2,1H3. The van der Waals surface area contributed by atoms with Gasteiger partial charge >= 0.3 is 0 Å². The molecule has 1 aromatic carbocycles. The van der Waals surface area contributed by atoms with Gasteiger partial charge in [-0.2, -0.15) is 0 Å². The Morgan fingerprint density at radius 1 is 1.50 bits per heavy atom.